The van der Waals surface area contributed by atoms with Crippen LogP contribution in [0.5, 0.6) is 17.2 Å². The first-order valence-electron chi connectivity index (χ1n) is 15.3. The molecule has 0 aromatic heterocycles. The van der Waals surface area contributed by atoms with Crippen LogP contribution in [0, 0.1) is 5.92 Å². The predicted molar refractivity (Wildman–Crippen MR) is 177 cm³/mol. The topological polar surface area (TPSA) is 120 Å². The SMILES string of the molecule is CCCC1(C2CCNC2)C(c2ccc(Cl)c(Cl)c2)C(C(N)=O)(c2ccccc2)C(=O)CN1C(=O)c1cc(OC)c(OC)c(OC)c1. The van der Waals surface area contributed by atoms with Gasteiger partial charge in [-0.2, -0.15) is 0 Å². The molecule has 4 unspecified atom stereocenters. The number of nitrogens with two attached hydrogens (primary N) is 1. The Kier molecular flexibility index (Phi) is 9.86. The van der Waals surface area contributed by atoms with E-state index in [1.165, 1.54) is 21.3 Å². The van der Waals surface area contributed by atoms with Crippen LogP contribution in [-0.2, 0) is 15.0 Å². The minimum Gasteiger partial charge on any atom is -0.493 e. The molecule has 2 fully saturated rings. The van der Waals surface area contributed by atoms with Gasteiger partial charge in [-0.1, -0.05) is 72.9 Å². The number of benzene rings is 3. The lowest BCUT2D eigenvalue weighted by Crippen LogP contribution is -2.74. The van der Waals surface area contributed by atoms with E-state index in [-0.39, 0.29) is 23.0 Å². The van der Waals surface area contributed by atoms with Crippen molar-refractivity contribution in [2.45, 2.75) is 43.1 Å². The molecule has 244 valence electrons. The molecule has 4 atom stereocenters. The van der Waals surface area contributed by atoms with Gasteiger partial charge in [-0.15, -0.1) is 0 Å². The molecular weight excluding hydrogens is 629 g/mol. The summed E-state index contributed by atoms with van der Waals surface area (Å²) in [5.74, 6) is -1.82. The number of nitrogens with zero attached hydrogens (tertiary/aromatic N) is 1. The number of Topliss-reactive ketones (excluding diaryl/α,β-unsaturated/α-hetero) is 1. The molecule has 46 heavy (non-hydrogen) atoms. The number of carbonyl (C=O) groups excluding carboxylic acids is 3. The van der Waals surface area contributed by atoms with E-state index in [0.717, 1.165) is 0 Å². The smallest absolute Gasteiger partial charge is 0.255 e. The van der Waals surface area contributed by atoms with Gasteiger partial charge in [0, 0.05) is 18.0 Å². The zero-order chi connectivity index (χ0) is 33.2. The number of hydrogen-bond donors (Lipinski definition) is 2. The lowest BCUT2D eigenvalue weighted by atomic mass is 9.51. The van der Waals surface area contributed by atoms with Gasteiger partial charge in [0.2, 0.25) is 11.7 Å². The van der Waals surface area contributed by atoms with Gasteiger partial charge in [0.15, 0.2) is 17.3 Å². The van der Waals surface area contributed by atoms with Crippen LogP contribution in [0.1, 0.15) is 53.6 Å². The van der Waals surface area contributed by atoms with E-state index in [4.69, 9.17) is 43.1 Å². The van der Waals surface area contributed by atoms with E-state index in [2.05, 4.69) is 5.32 Å². The fraction of sp³-hybridized carbons (Fsp3) is 0.400. The van der Waals surface area contributed by atoms with E-state index in [1.54, 1.807) is 59.5 Å². The summed E-state index contributed by atoms with van der Waals surface area (Å²) in [5, 5.41) is 4.05. The number of nitrogens with one attached hydrogen (secondary N) is 1. The molecule has 2 saturated heterocycles. The molecule has 0 saturated carbocycles. The van der Waals surface area contributed by atoms with E-state index >= 15 is 0 Å². The Morgan fingerprint density at radius 2 is 1.65 bits per heavy atom. The Hall–Kier alpha value is -3.79. The molecule has 11 heteroatoms. The van der Waals surface area contributed by atoms with Gasteiger partial charge in [0.05, 0.1) is 43.5 Å². The molecule has 2 amide bonds. The van der Waals surface area contributed by atoms with Crippen LogP contribution in [0.25, 0.3) is 0 Å². The molecule has 5 rings (SSSR count). The number of hydrogen-bond acceptors (Lipinski definition) is 7. The Morgan fingerprint density at radius 1 is 0.978 bits per heavy atom. The van der Waals surface area contributed by atoms with Gasteiger partial charge in [-0.05, 0) is 60.7 Å². The number of ketones is 1. The van der Waals surface area contributed by atoms with Crippen LogP contribution < -0.4 is 25.3 Å². The van der Waals surface area contributed by atoms with Gasteiger partial charge in [-0.3, -0.25) is 14.4 Å². The number of carbonyl (C=O) groups is 3. The van der Waals surface area contributed by atoms with Crippen molar-refractivity contribution in [3.05, 3.63) is 87.4 Å². The van der Waals surface area contributed by atoms with E-state index in [0.29, 0.717) is 65.8 Å². The van der Waals surface area contributed by atoms with E-state index < -0.39 is 34.5 Å². The first kappa shape index (κ1) is 33.6. The van der Waals surface area contributed by atoms with E-state index in [1.807, 2.05) is 13.0 Å². The van der Waals surface area contributed by atoms with Crippen molar-refractivity contribution in [3.63, 3.8) is 0 Å². The summed E-state index contributed by atoms with van der Waals surface area (Å²) in [4.78, 5) is 45.6. The number of methoxy groups -OCH3 is 3. The minimum atomic E-state index is -1.82. The van der Waals surface area contributed by atoms with E-state index in [9.17, 15) is 14.4 Å². The number of primary amides is 1. The molecule has 2 heterocycles. The standard InChI is InChI=1S/C35H39Cl2N3O6/c1-5-14-34(24-13-15-39-19-24)31(21-11-12-25(36)26(37)16-21)35(33(38)43,23-9-7-6-8-10-23)29(41)20-40(34)32(42)22-17-27(44-2)30(46-4)28(18-22)45-3/h6-12,16-18,24,31,39H,5,13-15,19-20H2,1-4H3,(H2,38,43). The number of halogens is 2. The molecule has 0 bridgehead atoms. The predicted octanol–water partition coefficient (Wildman–Crippen LogP) is 5.40. The minimum absolute atomic E-state index is 0.159. The van der Waals surface area contributed by atoms with Gasteiger partial charge < -0.3 is 30.2 Å². The van der Waals surface area contributed by atoms with Crippen LogP contribution in [0.4, 0.5) is 0 Å². The zero-order valence-corrected chi connectivity index (χ0v) is 27.9. The van der Waals surface area contributed by atoms with Crippen molar-refractivity contribution in [1.82, 2.24) is 10.2 Å². The van der Waals surface area contributed by atoms with Crippen molar-refractivity contribution >= 4 is 40.8 Å². The summed E-state index contributed by atoms with van der Waals surface area (Å²) in [6, 6.07) is 17.2. The Balaban J connectivity index is 1.87. The molecule has 0 aliphatic carbocycles. The average Bonchev–Trinajstić information content (AvgIpc) is 3.61. The fourth-order valence-electron chi connectivity index (χ4n) is 7.83. The highest BCUT2D eigenvalue weighted by Gasteiger charge is 2.68. The van der Waals surface area contributed by atoms with Crippen LogP contribution >= 0.6 is 23.2 Å². The molecule has 0 radical (unpaired) electrons. The quantitative estimate of drug-likeness (QED) is 0.278. The second-order valence-electron chi connectivity index (χ2n) is 11.8. The Bertz CT molecular complexity index is 1600. The monoisotopic (exact) mass is 667 g/mol. The van der Waals surface area contributed by atoms with Crippen LogP contribution in [-0.4, -0.2) is 69.0 Å². The molecule has 2 aliphatic rings. The molecule has 2 aliphatic heterocycles. The molecular formula is C35H39Cl2N3O6. The van der Waals surface area contributed by atoms with Crippen LogP contribution in [0.2, 0.25) is 10.0 Å². The lowest BCUT2D eigenvalue weighted by molar-refractivity contribution is -0.148. The first-order valence-corrected chi connectivity index (χ1v) is 16.0. The van der Waals surface area contributed by atoms with Crippen molar-refractivity contribution in [2.24, 2.45) is 11.7 Å². The maximum atomic E-state index is 15.0. The lowest BCUT2D eigenvalue weighted by Gasteiger charge is -2.60. The summed E-state index contributed by atoms with van der Waals surface area (Å²) < 4.78 is 16.6. The third kappa shape index (κ3) is 5.28. The zero-order valence-electron chi connectivity index (χ0n) is 26.4. The molecule has 3 N–H and O–H groups in total. The van der Waals surface area contributed by atoms with Gasteiger partial charge in [0.1, 0.15) is 5.41 Å². The normalized spacial score (nSPS) is 24.5. The van der Waals surface area contributed by atoms with Crippen molar-refractivity contribution in [2.75, 3.05) is 41.0 Å². The summed E-state index contributed by atoms with van der Waals surface area (Å²) in [6.45, 7) is 2.96. The Labute approximate surface area is 279 Å². The molecule has 3 aromatic carbocycles. The van der Waals surface area contributed by atoms with Gasteiger partial charge in [-0.25, -0.2) is 0 Å². The third-order valence-corrected chi connectivity index (χ3v) is 10.4. The highest BCUT2D eigenvalue weighted by molar-refractivity contribution is 6.42. The molecule has 0 spiro atoms. The van der Waals surface area contributed by atoms with Crippen LogP contribution in [0.3, 0.4) is 0 Å². The molecule has 9 nitrogen and oxygen atoms in total. The number of likely N-dealkylation sites (tertiary alicyclic amines) is 1. The number of piperidine rings is 1. The first-order chi connectivity index (χ1) is 22.1. The number of ether oxygens (including phenoxy) is 3. The van der Waals surface area contributed by atoms with Gasteiger partial charge >= 0.3 is 0 Å². The highest BCUT2D eigenvalue weighted by Crippen LogP contribution is 2.58. The maximum absolute atomic E-state index is 15.0. The summed E-state index contributed by atoms with van der Waals surface area (Å²) in [5.41, 5.74) is 4.80. The Morgan fingerprint density at radius 3 is 2.17 bits per heavy atom. The highest BCUT2D eigenvalue weighted by atomic mass is 35.5. The largest absolute Gasteiger partial charge is 0.493 e. The number of rotatable bonds is 10. The van der Waals surface area contributed by atoms with Crippen LogP contribution in [0.15, 0.2) is 60.7 Å². The fourth-order valence-corrected chi connectivity index (χ4v) is 8.14. The average molecular weight is 669 g/mol. The summed E-state index contributed by atoms with van der Waals surface area (Å²) in [7, 11) is 4.44. The molecule has 3 aromatic rings. The van der Waals surface area contributed by atoms with Crippen molar-refractivity contribution in [3.8, 4) is 17.2 Å². The number of amides is 2. The summed E-state index contributed by atoms with van der Waals surface area (Å²) in [6.07, 6.45) is 1.81. The van der Waals surface area contributed by atoms with Crippen molar-refractivity contribution < 1.29 is 28.6 Å². The third-order valence-electron chi connectivity index (χ3n) is 9.65. The second-order valence-corrected chi connectivity index (χ2v) is 12.6. The second kappa shape index (κ2) is 13.5. The summed E-state index contributed by atoms with van der Waals surface area (Å²) >= 11 is 13.0. The van der Waals surface area contributed by atoms with Gasteiger partial charge in [0.25, 0.3) is 5.91 Å². The maximum Gasteiger partial charge on any atom is 0.255 e. The van der Waals surface area contributed by atoms with Crippen molar-refractivity contribution in [1.29, 1.82) is 0 Å².